The molecule has 0 saturated heterocycles. The van der Waals surface area contributed by atoms with Gasteiger partial charge >= 0.3 is 0 Å². The zero-order chi connectivity index (χ0) is 40.9. The molecule has 1 unspecified atom stereocenters. The minimum Gasteiger partial charge on any atom is -0.456 e. The average molecular weight is 789 g/mol. The van der Waals surface area contributed by atoms with E-state index in [9.17, 15) is 0 Å². The Morgan fingerprint density at radius 2 is 1.23 bits per heavy atom. The van der Waals surface area contributed by atoms with Crippen molar-refractivity contribution >= 4 is 49.3 Å². The molecule has 5 heteroatoms. The Morgan fingerprint density at radius 3 is 2.05 bits per heavy atom. The van der Waals surface area contributed by atoms with Crippen molar-refractivity contribution in [1.82, 2.24) is 19.5 Å². The van der Waals surface area contributed by atoms with Gasteiger partial charge in [-0.3, -0.25) is 0 Å². The molecule has 11 rings (SSSR count). The van der Waals surface area contributed by atoms with Crippen LogP contribution in [0.15, 0.2) is 186 Å². The third kappa shape index (κ3) is 6.45. The summed E-state index contributed by atoms with van der Waals surface area (Å²) in [6, 6.07) is 57.7. The highest BCUT2D eigenvalue weighted by Crippen LogP contribution is 2.41. The normalized spacial score (nSPS) is 13.5. The lowest BCUT2D eigenvalue weighted by atomic mass is 9.81. The number of aryl methyl sites for hydroxylation is 1. The minimum absolute atomic E-state index is 0.406. The lowest BCUT2D eigenvalue weighted by molar-refractivity contribution is 0.565. The van der Waals surface area contributed by atoms with Gasteiger partial charge in [0.25, 0.3) is 0 Å². The number of hydrogen-bond acceptors (Lipinski definition) is 4. The zero-order valence-electron chi connectivity index (χ0n) is 34.3. The van der Waals surface area contributed by atoms with Crippen molar-refractivity contribution in [3.8, 4) is 39.6 Å². The molecule has 0 N–H and O–H groups in total. The van der Waals surface area contributed by atoms with Crippen molar-refractivity contribution in [3.05, 3.63) is 198 Å². The van der Waals surface area contributed by atoms with E-state index in [0.717, 1.165) is 70.1 Å². The highest BCUT2D eigenvalue weighted by molar-refractivity contribution is 6.13. The molecule has 0 bridgehead atoms. The summed E-state index contributed by atoms with van der Waals surface area (Å²) in [5.74, 6) is 2.45. The standard InChI is InChI=1S/C56H44N4O/c1-3-37(35-41-19-10-11-22-44(41)43-33-34-49-52(36(43)2)45-23-12-14-26-48(45)60(49)42-20-8-5-9-21-42)38-29-31-40(32-30-38)55-57-54(39-17-6-4-7-18-39)58-56(59-55)47-25-16-28-51-53(47)46-24-13-15-27-50(46)61-51/h4-29,31,33-34,37H,3,30,32,35H2,1-2H3. The van der Waals surface area contributed by atoms with Crippen molar-refractivity contribution in [3.63, 3.8) is 0 Å². The fraction of sp³-hybridized carbons (Fsp3) is 0.125. The van der Waals surface area contributed by atoms with Crippen LogP contribution in [-0.2, 0) is 6.42 Å². The van der Waals surface area contributed by atoms with E-state index in [1.807, 2.05) is 48.5 Å². The van der Waals surface area contributed by atoms with E-state index in [0.29, 0.717) is 17.6 Å². The minimum atomic E-state index is 0.406. The van der Waals surface area contributed by atoms with Crippen LogP contribution in [0.4, 0.5) is 0 Å². The van der Waals surface area contributed by atoms with Gasteiger partial charge in [0.2, 0.25) is 0 Å². The van der Waals surface area contributed by atoms with Crippen LogP contribution >= 0.6 is 0 Å². The van der Waals surface area contributed by atoms with Crippen LogP contribution in [0.2, 0.25) is 0 Å². The molecule has 5 nitrogen and oxygen atoms in total. The van der Waals surface area contributed by atoms with E-state index < -0.39 is 0 Å². The highest BCUT2D eigenvalue weighted by atomic mass is 16.3. The van der Waals surface area contributed by atoms with E-state index in [2.05, 4.69) is 146 Å². The van der Waals surface area contributed by atoms with E-state index in [1.165, 1.54) is 55.3 Å². The summed E-state index contributed by atoms with van der Waals surface area (Å²) in [5.41, 5.74) is 15.1. The molecule has 0 aliphatic heterocycles. The van der Waals surface area contributed by atoms with Crippen molar-refractivity contribution in [2.24, 2.45) is 5.92 Å². The number of rotatable bonds is 9. The molecular weight excluding hydrogens is 745 g/mol. The summed E-state index contributed by atoms with van der Waals surface area (Å²) in [5, 5.41) is 4.68. The van der Waals surface area contributed by atoms with Crippen LogP contribution in [-0.4, -0.2) is 19.5 Å². The van der Waals surface area contributed by atoms with Gasteiger partial charge in [0, 0.05) is 38.4 Å². The van der Waals surface area contributed by atoms with Gasteiger partial charge in [-0.25, -0.2) is 15.0 Å². The van der Waals surface area contributed by atoms with E-state index in [4.69, 9.17) is 19.4 Å². The number of furan rings is 1. The summed E-state index contributed by atoms with van der Waals surface area (Å²) in [6.07, 6.45) is 8.46. The third-order valence-corrected chi connectivity index (χ3v) is 12.7. The number of para-hydroxylation sites is 3. The Labute approximate surface area is 355 Å². The summed E-state index contributed by atoms with van der Waals surface area (Å²) in [7, 11) is 0. The first-order chi connectivity index (χ1) is 30.1. The average Bonchev–Trinajstić information content (AvgIpc) is 3.88. The number of fused-ring (bicyclic) bond motifs is 6. The number of aromatic nitrogens is 4. The van der Waals surface area contributed by atoms with Crippen molar-refractivity contribution in [2.75, 3.05) is 0 Å². The van der Waals surface area contributed by atoms with Crippen LogP contribution in [0, 0.1) is 12.8 Å². The summed E-state index contributed by atoms with van der Waals surface area (Å²) in [4.78, 5) is 15.4. The van der Waals surface area contributed by atoms with Crippen LogP contribution in [0.5, 0.6) is 0 Å². The Hall–Kier alpha value is -7.37. The molecule has 1 atom stereocenters. The molecule has 3 heterocycles. The Kier molecular flexibility index (Phi) is 9.23. The van der Waals surface area contributed by atoms with Gasteiger partial charge in [-0.15, -0.1) is 0 Å². The number of hydrogen-bond donors (Lipinski definition) is 0. The summed E-state index contributed by atoms with van der Waals surface area (Å²) in [6.45, 7) is 4.63. The highest BCUT2D eigenvalue weighted by Gasteiger charge is 2.23. The zero-order valence-corrected chi connectivity index (χ0v) is 34.3. The molecule has 7 aromatic carbocycles. The monoisotopic (exact) mass is 788 g/mol. The second-order valence-corrected chi connectivity index (χ2v) is 16.2. The van der Waals surface area contributed by atoms with Crippen molar-refractivity contribution in [2.45, 2.75) is 39.5 Å². The Balaban J connectivity index is 0.947. The number of benzene rings is 7. The molecule has 0 radical (unpaired) electrons. The second-order valence-electron chi connectivity index (χ2n) is 16.2. The SMILES string of the molecule is CCC(Cc1ccccc1-c1ccc2c(c1C)c1ccccc1n2-c1ccccc1)C1=CC=C(c2nc(-c3ccccc3)nc(-c3cccc4oc5ccccc5c34)n2)CC1. The van der Waals surface area contributed by atoms with Gasteiger partial charge < -0.3 is 8.98 Å². The first-order valence-electron chi connectivity index (χ1n) is 21.4. The van der Waals surface area contributed by atoms with E-state index in [1.54, 1.807) is 0 Å². The van der Waals surface area contributed by atoms with E-state index in [-0.39, 0.29) is 0 Å². The number of allylic oxidation sites excluding steroid dienone is 4. The van der Waals surface area contributed by atoms with Crippen LogP contribution in [0.25, 0.3) is 88.9 Å². The quantitative estimate of drug-likeness (QED) is 0.146. The smallest absolute Gasteiger partial charge is 0.164 e. The Morgan fingerprint density at radius 1 is 0.541 bits per heavy atom. The predicted molar refractivity (Wildman–Crippen MR) is 252 cm³/mol. The molecule has 0 saturated carbocycles. The third-order valence-electron chi connectivity index (χ3n) is 12.7. The van der Waals surface area contributed by atoms with Gasteiger partial charge in [0.1, 0.15) is 11.2 Å². The number of nitrogens with zero attached hydrogens (tertiary/aromatic N) is 4. The van der Waals surface area contributed by atoms with E-state index >= 15 is 0 Å². The largest absolute Gasteiger partial charge is 0.456 e. The summed E-state index contributed by atoms with van der Waals surface area (Å²) >= 11 is 0. The molecule has 61 heavy (non-hydrogen) atoms. The van der Waals surface area contributed by atoms with Crippen LogP contribution in [0.3, 0.4) is 0 Å². The van der Waals surface area contributed by atoms with Gasteiger partial charge in [-0.1, -0.05) is 152 Å². The summed E-state index contributed by atoms with van der Waals surface area (Å²) < 4.78 is 8.66. The maximum atomic E-state index is 6.26. The molecular formula is C56H44N4O. The van der Waals surface area contributed by atoms with Crippen LogP contribution in [0.1, 0.15) is 43.1 Å². The fourth-order valence-corrected chi connectivity index (χ4v) is 9.64. The Bertz CT molecular complexity index is 3340. The first kappa shape index (κ1) is 36.7. The molecule has 0 fully saturated rings. The molecule has 0 spiro atoms. The lowest BCUT2D eigenvalue weighted by Gasteiger charge is -2.24. The molecule has 3 aromatic heterocycles. The van der Waals surface area contributed by atoms with Crippen molar-refractivity contribution < 1.29 is 4.42 Å². The lowest BCUT2D eigenvalue weighted by Crippen LogP contribution is -2.11. The second kappa shape index (κ2) is 15.3. The molecule has 1 aliphatic carbocycles. The molecule has 0 amide bonds. The predicted octanol–water partition coefficient (Wildman–Crippen LogP) is 14.6. The van der Waals surface area contributed by atoms with Gasteiger partial charge in [0.15, 0.2) is 17.5 Å². The molecule has 10 aromatic rings. The van der Waals surface area contributed by atoms with Gasteiger partial charge in [0.05, 0.1) is 11.0 Å². The van der Waals surface area contributed by atoms with Gasteiger partial charge in [-0.2, -0.15) is 0 Å². The maximum Gasteiger partial charge on any atom is 0.164 e. The van der Waals surface area contributed by atoms with Gasteiger partial charge in [-0.05, 0) is 103 Å². The van der Waals surface area contributed by atoms with Crippen LogP contribution < -0.4 is 0 Å². The first-order valence-corrected chi connectivity index (χ1v) is 21.4. The topological polar surface area (TPSA) is 56.7 Å². The van der Waals surface area contributed by atoms with Crippen molar-refractivity contribution in [1.29, 1.82) is 0 Å². The molecule has 294 valence electrons. The molecule has 1 aliphatic rings. The maximum absolute atomic E-state index is 6.26. The fourth-order valence-electron chi connectivity index (χ4n) is 9.64.